The lowest BCUT2D eigenvalue weighted by Gasteiger charge is -2.29. The normalized spacial score (nSPS) is 14.0. The molecule has 1 unspecified atom stereocenters. The summed E-state index contributed by atoms with van der Waals surface area (Å²) in [6.45, 7) is 1.64. The molecule has 0 saturated heterocycles. The Morgan fingerprint density at radius 1 is 1.23 bits per heavy atom. The number of benzene rings is 1. The van der Waals surface area contributed by atoms with Gasteiger partial charge in [0.05, 0.1) is 5.56 Å². The molecule has 1 amide bonds. The van der Waals surface area contributed by atoms with Gasteiger partial charge in [-0.05, 0) is 12.0 Å². The number of hydrogen-bond acceptors (Lipinski definition) is 5. The first-order valence-electron chi connectivity index (χ1n) is 7.77. The van der Waals surface area contributed by atoms with Gasteiger partial charge in [0.1, 0.15) is 6.26 Å². The molecule has 0 saturated carbocycles. The highest BCUT2D eigenvalue weighted by Crippen LogP contribution is 2.27. The van der Waals surface area contributed by atoms with Crippen LogP contribution in [0.15, 0.2) is 52.2 Å². The Morgan fingerprint density at radius 2 is 1.85 bits per heavy atom. The molecule has 0 aliphatic carbocycles. The lowest BCUT2D eigenvalue weighted by Crippen LogP contribution is -2.51. The zero-order chi connectivity index (χ0) is 19.5. The summed E-state index contributed by atoms with van der Waals surface area (Å²) in [5.41, 5.74) is -1.32. The Balaban J connectivity index is 2.38. The van der Waals surface area contributed by atoms with Gasteiger partial charge in [-0.3, -0.25) is 4.79 Å². The van der Waals surface area contributed by atoms with E-state index in [0.717, 1.165) is 16.6 Å². The highest BCUT2D eigenvalue weighted by atomic mass is 32.2. The van der Waals surface area contributed by atoms with E-state index >= 15 is 0 Å². The Morgan fingerprint density at radius 3 is 2.35 bits per heavy atom. The van der Waals surface area contributed by atoms with Gasteiger partial charge in [-0.1, -0.05) is 37.3 Å². The number of carboxylic acids is 1. The Hall–Kier alpha value is -2.65. The van der Waals surface area contributed by atoms with Gasteiger partial charge in [-0.15, -0.1) is 0 Å². The van der Waals surface area contributed by atoms with Crippen molar-refractivity contribution in [3.8, 4) is 0 Å². The fraction of sp³-hybridized carbons (Fsp3) is 0.294. The molecular formula is C17H20N2O6S. The van der Waals surface area contributed by atoms with Crippen LogP contribution < -0.4 is 5.32 Å². The summed E-state index contributed by atoms with van der Waals surface area (Å²) >= 11 is 0. The molecule has 1 aromatic heterocycles. The van der Waals surface area contributed by atoms with Crippen molar-refractivity contribution >= 4 is 21.9 Å². The van der Waals surface area contributed by atoms with Crippen molar-refractivity contribution in [1.82, 2.24) is 9.62 Å². The van der Waals surface area contributed by atoms with Gasteiger partial charge in [0, 0.05) is 20.2 Å². The van der Waals surface area contributed by atoms with E-state index in [9.17, 15) is 23.1 Å². The number of rotatable bonds is 7. The summed E-state index contributed by atoms with van der Waals surface area (Å²) in [4.78, 5) is 24.5. The van der Waals surface area contributed by atoms with Crippen LogP contribution in [-0.4, -0.2) is 43.8 Å². The second-order valence-electron chi connectivity index (χ2n) is 5.83. The maximum atomic E-state index is 12.6. The number of aliphatic carboxylic acids is 1. The molecule has 8 nitrogen and oxygen atoms in total. The van der Waals surface area contributed by atoms with E-state index in [-0.39, 0.29) is 12.0 Å². The molecule has 0 bridgehead atoms. The number of amides is 1. The van der Waals surface area contributed by atoms with E-state index in [4.69, 9.17) is 4.42 Å². The number of carbonyl (C=O) groups excluding carboxylic acids is 1. The molecule has 2 N–H and O–H groups in total. The van der Waals surface area contributed by atoms with Crippen LogP contribution in [0.3, 0.4) is 0 Å². The number of carbonyl (C=O) groups is 2. The van der Waals surface area contributed by atoms with Crippen molar-refractivity contribution in [3.05, 3.63) is 53.8 Å². The molecule has 0 aliphatic heterocycles. The monoisotopic (exact) mass is 380 g/mol. The lowest BCUT2D eigenvalue weighted by molar-refractivity contribution is -0.145. The van der Waals surface area contributed by atoms with Gasteiger partial charge in [-0.25, -0.2) is 17.5 Å². The number of hydrogen-bond donors (Lipinski definition) is 2. The molecule has 1 aromatic carbocycles. The zero-order valence-electron chi connectivity index (χ0n) is 14.6. The fourth-order valence-electron chi connectivity index (χ4n) is 2.43. The minimum Gasteiger partial charge on any atom is -0.479 e. The Kier molecular flexibility index (Phi) is 5.53. The van der Waals surface area contributed by atoms with Crippen LogP contribution >= 0.6 is 0 Å². The predicted octanol–water partition coefficient (Wildman–Crippen LogP) is 1.65. The van der Waals surface area contributed by atoms with E-state index in [1.807, 2.05) is 0 Å². The summed E-state index contributed by atoms with van der Waals surface area (Å²) < 4.78 is 30.0. The summed E-state index contributed by atoms with van der Waals surface area (Å²) in [6.07, 6.45) is 1.08. The van der Waals surface area contributed by atoms with Crippen LogP contribution in [0, 0.1) is 0 Å². The average molecular weight is 380 g/mol. The molecule has 140 valence electrons. The number of nitrogens with zero attached hydrogens (tertiary/aromatic N) is 1. The maximum absolute atomic E-state index is 12.6. The summed E-state index contributed by atoms with van der Waals surface area (Å²) in [5.74, 6) is -1.97. The molecule has 0 fully saturated rings. The van der Waals surface area contributed by atoms with Crippen molar-refractivity contribution in [2.45, 2.75) is 24.0 Å². The van der Waals surface area contributed by atoms with Crippen LogP contribution in [0.1, 0.15) is 29.3 Å². The van der Waals surface area contributed by atoms with Crippen LogP contribution in [0.5, 0.6) is 0 Å². The van der Waals surface area contributed by atoms with Gasteiger partial charge in [0.15, 0.2) is 5.54 Å². The van der Waals surface area contributed by atoms with E-state index in [1.54, 1.807) is 37.3 Å². The van der Waals surface area contributed by atoms with Crippen LogP contribution in [0.25, 0.3) is 0 Å². The average Bonchev–Trinajstić information content (AvgIpc) is 3.11. The maximum Gasteiger partial charge on any atom is 0.334 e. The van der Waals surface area contributed by atoms with Crippen molar-refractivity contribution in [1.29, 1.82) is 0 Å². The standard InChI is InChI=1S/C17H20N2O6S/c1-4-17(16(21)22,13-8-6-5-7-9-13)18-15(20)12-10-14(25-11-12)26(23,24)19(2)3/h5-11H,4H2,1-3H3,(H,18,20)(H,21,22). The van der Waals surface area contributed by atoms with Gasteiger partial charge < -0.3 is 14.8 Å². The fourth-order valence-corrected chi connectivity index (χ4v) is 3.24. The molecule has 9 heteroatoms. The third-order valence-electron chi connectivity index (χ3n) is 4.06. The largest absolute Gasteiger partial charge is 0.479 e. The minimum atomic E-state index is -3.84. The topological polar surface area (TPSA) is 117 Å². The SMILES string of the molecule is CCC(NC(=O)c1coc(S(=O)(=O)N(C)C)c1)(C(=O)O)c1ccccc1. The Labute approximate surface area is 151 Å². The van der Waals surface area contributed by atoms with E-state index in [1.165, 1.54) is 14.1 Å². The predicted molar refractivity (Wildman–Crippen MR) is 93.1 cm³/mol. The van der Waals surface area contributed by atoms with Gasteiger partial charge in [-0.2, -0.15) is 0 Å². The number of nitrogens with one attached hydrogen (secondary N) is 1. The Bertz CT molecular complexity index is 904. The van der Waals surface area contributed by atoms with E-state index in [2.05, 4.69) is 5.32 Å². The molecule has 2 aromatic rings. The van der Waals surface area contributed by atoms with Crippen LogP contribution in [0.2, 0.25) is 0 Å². The lowest BCUT2D eigenvalue weighted by atomic mass is 9.87. The van der Waals surface area contributed by atoms with Gasteiger partial charge in [0.2, 0.25) is 5.09 Å². The third kappa shape index (κ3) is 3.49. The second kappa shape index (κ2) is 7.30. The van der Waals surface area contributed by atoms with Crippen molar-refractivity contribution < 1.29 is 27.5 Å². The minimum absolute atomic E-state index is 0.0829. The highest BCUT2D eigenvalue weighted by Gasteiger charge is 2.40. The van der Waals surface area contributed by atoms with Gasteiger partial charge in [0.25, 0.3) is 15.9 Å². The van der Waals surface area contributed by atoms with Crippen molar-refractivity contribution in [2.75, 3.05) is 14.1 Å². The highest BCUT2D eigenvalue weighted by molar-refractivity contribution is 7.88. The first-order chi connectivity index (χ1) is 12.1. The summed E-state index contributed by atoms with van der Waals surface area (Å²) in [7, 11) is -1.17. The van der Waals surface area contributed by atoms with Gasteiger partial charge >= 0.3 is 5.97 Å². The van der Waals surface area contributed by atoms with E-state index < -0.39 is 32.5 Å². The van der Waals surface area contributed by atoms with E-state index in [0.29, 0.717) is 5.56 Å². The summed E-state index contributed by atoms with van der Waals surface area (Å²) in [5, 5.41) is 11.8. The van der Waals surface area contributed by atoms with Crippen LogP contribution in [0.4, 0.5) is 0 Å². The molecule has 0 radical (unpaired) electrons. The quantitative estimate of drug-likeness (QED) is 0.754. The number of carboxylic acid groups (broad SMARTS) is 1. The second-order valence-corrected chi connectivity index (χ2v) is 7.91. The van der Waals surface area contributed by atoms with Crippen molar-refractivity contribution in [3.63, 3.8) is 0 Å². The third-order valence-corrected chi connectivity index (χ3v) is 5.75. The number of sulfonamides is 1. The smallest absolute Gasteiger partial charge is 0.334 e. The number of furan rings is 1. The molecule has 2 rings (SSSR count). The first-order valence-corrected chi connectivity index (χ1v) is 9.21. The molecule has 1 heterocycles. The molecule has 26 heavy (non-hydrogen) atoms. The molecule has 0 aliphatic rings. The van der Waals surface area contributed by atoms with Crippen LogP contribution in [-0.2, 0) is 20.4 Å². The molecule has 1 atom stereocenters. The molecular weight excluding hydrogens is 360 g/mol. The summed E-state index contributed by atoms with van der Waals surface area (Å²) in [6, 6.07) is 9.37. The van der Waals surface area contributed by atoms with Crippen molar-refractivity contribution in [2.24, 2.45) is 0 Å². The molecule has 0 spiro atoms. The first kappa shape index (κ1) is 19.7. The zero-order valence-corrected chi connectivity index (χ0v) is 15.4.